The molecule has 1 aromatic rings. The third kappa shape index (κ3) is 5.82. The van der Waals surface area contributed by atoms with Gasteiger partial charge < -0.3 is 4.74 Å². The van der Waals surface area contributed by atoms with E-state index in [9.17, 15) is 13.2 Å². The summed E-state index contributed by atoms with van der Waals surface area (Å²) in [5, 5.41) is 8.40. The molecule has 0 N–H and O–H groups in total. The van der Waals surface area contributed by atoms with Crippen LogP contribution in [0.25, 0.3) is 0 Å². The Kier molecular flexibility index (Phi) is 5.86. The summed E-state index contributed by atoms with van der Waals surface area (Å²) in [4.78, 5) is 0. The van der Waals surface area contributed by atoms with Gasteiger partial charge in [-0.15, -0.1) is 13.2 Å². The number of nitrogens with zero attached hydrogens (tertiary/aromatic N) is 1. The fourth-order valence-corrected chi connectivity index (χ4v) is 2.91. The maximum absolute atomic E-state index is 12.1. The standard InChI is InChI=1S/C18H18F3NO/c19-18(20,21)23-17-11-9-16(10-12-17)15-7-5-14(6-8-15)4-2-1-3-13-22/h1-4,9-12,14-15H,5-8H2/b3-1+,4-2+/t14-,15-. The molecular weight excluding hydrogens is 303 g/mol. The number of hydrogen-bond donors (Lipinski definition) is 0. The minimum atomic E-state index is -4.65. The van der Waals surface area contributed by atoms with Crippen LogP contribution in [0, 0.1) is 17.2 Å². The van der Waals surface area contributed by atoms with Crippen LogP contribution in [0.3, 0.4) is 0 Å². The van der Waals surface area contributed by atoms with E-state index in [4.69, 9.17) is 5.26 Å². The van der Waals surface area contributed by atoms with E-state index < -0.39 is 6.36 Å². The van der Waals surface area contributed by atoms with Crippen LogP contribution >= 0.6 is 0 Å². The summed E-state index contributed by atoms with van der Waals surface area (Å²) in [6, 6.07) is 8.13. The number of alkyl halides is 3. The SMILES string of the molecule is N#C/C=C/C=C/[C@H]1CC[C@H](c2ccc(OC(F)(F)F)cc2)CC1. The Balaban J connectivity index is 1.87. The van der Waals surface area contributed by atoms with Crippen molar-refractivity contribution in [3.8, 4) is 11.8 Å². The molecule has 1 aliphatic rings. The van der Waals surface area contributed by atoms with Gasteiger partial charge in [-0.2, -0.15) is 5.26 Å². The number of nitriles is 1. The fourth-order valence-electron chi connectivity index (χ4n) is 2.91. The molecular formula is C18H18F3NO. The summed E-state index contributed by atoms with van der Waals surface area (Å²) in [6.45, 7) is 0. The second kappa shape index (κ2) is 7.87. The molecule has 0 aliphatic heterocycles. The van der Waals surface area contributed by atoms with Crippen molar-refractivity contribution >= 4 is 0 Å². The predicted molar refractivity (Wildman–Crippen MR) is 81.7 cm³/mol. The highest BCUT2D eigenvalue weighted by atomic mass is 19.4. The van der Waals surface area contributed by atoms with Crippen LogP contribution < -0.4 is 4.74 Å². The van der Waals surface area contributed by atoms with Crippen LogP contribution in [0.1, 0.15) is 37.2 Å². The number of halogens is 3. The first-order chi connectivity index (χ1) is 11.0. The zero-order valence-electron chi connectivity index (χ0n) is 12.6. The van der Waals surface area contributed by atoms with E-state index in [0.717, 1.165) is 31.2 Å². The molecule has 0 radical (unpaired) electrons. The van der Waals surface area contributed by atoms with E-state index in [1.165, 1.54) is 18.2 Å². The smallest absolute Gasteiger partial charge is 0.406 e. The van der Waals surface area contributed by atoms with Gasteiger partial charge in [0.15, 0.2) is 0 Å². The number of benzene rings is 1. The van der Waals surface area contributed by atoms with E-state index in [-0.39, 0.29) is 5.75 Å². The number of hydrogen-bond acceptors (Lipinski definition) is 2. The van der Waals surface area contributed by atoms with Crippen LogP contribution in [-0.4, -0.2) is 6.36 Å². The normalized spacial score (nSPS) is 22.3. The third-order valence-electron chi connectivity index (χ3n) is 4.02. The van der Waals surface area contributed by atoms with Crippen LogP contribution in [0.4, 0.5) is 13.2 Å². The van der Waals surface area contributed by atoms with Crippen LogP contribution in [0.2, 0.25) is 0 Å². The second-order valence-electron chi connectivity index (χ2n) is 5.60. The van der Waals surface area contributed by atoms with Gasteiger partial charge >= 0.3 is 6.36 Å². The molecule has 0 spiro atoms. The number of allylic oxidation sites excluding steroid dienone is 4. The highest BCUT2D eigenvalue weighted by Gasteiger charge is 2.31. The Morgan fingerprint density at radius 3 is 2.26 bits per heavy atom. The molecule has 2 nitrogen and oxygen atoms in total. The molecule has 0 bridgehead atoms. The van der Waals surface area contributed by atoms with Crippen LogP contribution in [0.15, 0.2) is 48.6 Å². The van der Waals surface area contributed by atoms with E-state index in [1.54, 1.807) is 18.2 Å². The molecule has 0 atom stereocenters. The van der Waals surface area contributed by atoms with Crippen molar-refractivity contribution < 1.29 is 17.9 Å². The second-order valence-corrected chi connectivity index (χ2v) is 5.60. The summed E-state index contributed by atoms with van der Waals surface area (Å²) in [5.74, 6) is 0.707. The Morgan fingerprint density at radius 2 is 1.70 bits per heavy atom. The minimum Gasteiger partial charge on any atom is -0.406 e. The molecule has 1 aromatic carbocycles. The average molecular weight is 321 g/mol. The Labute approximate surface area is 133 Å². The van der Waals surface area contributed by atoms with Crippen LogP contribution in [0.5, 0.6) is 5.75 Å². The molecule has 1 aliphatic carbocycles. The molecule has 0 saturated heterocycles. The lowest BCUT2D eigenvalue weighted by Crippen LogP contribution is -2.17. The molecule has 2 rings (SSSR count). The highest BCUT2D eigenvalue weighted by molar-refractivity contribution is 5.30. The van der Waals surface area contributed by atoms with Gasteiger partial charge in [0.2, 0.25) is 0 Å². The van der Waals surface area contributed by atoms with E-state index in [1.807, 2.05) is 12.1 Å². The Bertz CT molecular complexity index is 588. The zero-order valence-corrected chi connectivity index (χ0v) is 12.6. The lowest BCUT2D eigenvalue weighted by molar-refractivity contribution is -0.274. The largest absolute Gasteiger partial charge is 0.573 e. The molecule has 122 valence electrons. The molecule has 1 saturated carbocycles. The van der Waals surface area contributed by atoms with Crippen LogP contribution in [-0.2, 0) is 0 Å². The summed E-state index contributed by atoms with van der Waals surface area (Å²) >= 11 is 0. The summed E-state index contributed by atoms with van der Waals surface area (Å²) in [5.41, 5.74) is 1.06. The first-order valence-corrected chi connectivity index (χ1v) is 7.56. The molecule has 0 aromatic heterocycles. The van der Waals surface area contributed by atoms with Gasteiger partial charge in [-0.05, 0) is 55.2 Å². The number of ether oxygens (including phenoxy) is 1. The summed E-state index contributed by atoms with van der Waals surface area (Å²) in [6.07, 6.45) is 6.64. The van der Waals surface area contributed by atoms with Gasteiger partial charge in [-0.1, -0.05) is 30.4 Å². The lowest BCUT2D eigenvalue weighted by Gasteiger charge is -2.27. The monoisotopic (exact) mass is 321 g/mol. The van der Waals surface area contributed by atoms with Gasteiger partial charge in [0, 0.05) is 6.08 Å². The fraction of sp³-hybridized carbons (Fsp3) is 0.389. The van der Waals surface area contributed by atoms with E-state index >= 15 is 0 Å². The quantitative estimate of drug-likeness (QED) is 0.542. The maximum atomic E-state index is 12.1. The minimum absolute atomic E-state index is 0.179. The first-order valence-electron chi connectivity index (χ1n) is 7.56. The van der Waals surface area contributed by atoms with Crippen molar-refractivity contribution in [2.24, 2.45) is 5.92 Å². The summed E-state index contributed by atoms with van der Waals surface area (Å²) in [7, 11) is 0. The Morgan fingerprint density at radius 1 is 1.04 bits per heavy atom. The average Bonchev–Trinajstić information content (AvgIpc) is 2.52. The summed E-state index contributed by atoms with van der Waals surface area (Å²) < 4.78 is 40.3. The lowest BCUT2D eigenvalue weighted by atomic mass is 9.78. The zero-order chi connectivity index (χ0) is 16.7. The van der Waals surface area contributed by atoms with Gasteiger partial charge in [0.1, 0.15) is 5.75 Å². The predicted octanol–water partition coefficient (Wildman–Crippen LogP) is 5.49. The molecule has 23 heavy (non-hydrogen) atoms. The van der Waals surface area contributed by atoms with Gasteiger partial charge in [-0.3, -0.25) is 0 Å². The van der Waals surface area contributed by atoms with Gasteiger partial charge in [-0.25, -0.2) is 0 Å². The van der Waals surface area contributed by atoms with Crippen molar-refractivity contribution in [3.63, 3.8) is 0 Å². The maximum Gasteiger partial charge on any atom is 0.573 e. The van der Waals surface area contributed by atoms with Gasteiger partial charge in [0.05, 0.1) is 6.07 Å². The molecule has 1 fully saturated rings. The first kappa shape index (κ1) is 17.1. The molecule has 0 heterocycles. The van der Waals surface area contributed by atoms with E-state index in [0.29, 0.717) is 11.8 Å². The van der Waals surface area contributed by atoms with Crippen molar-refractivity contribution in [1.29, 1.82) is 5.26 Å². The molecule has 0 unspecified atom stereocenters. The topological polar surface area (TPSA) is 33.0 Å². The van der Waals surface area contributed by atoms with Gasteiger partial charge in [0.25, 0.3) is 0 Å². The highest BCUT2D eigenvalue weighted by Crippen LogP contribution is 2.37. The molecule has 0 amide bonds. The number of rotatable bonds is 4. The third-order valence-corrected chi connectivity index (χ3v) is 4.02. The van der Waals surface area contributed by atoms with Crippen molar-refractivity contribution in [1.82, 2.24) is 0 Å². The van der Waals surface area contributed by atoms with Crippen molar-refractivity contribution in [3.05, 3.63) is 54.1 Å². The molecule has 5 heteroatoms. The van der Waals surface area contributed by atoms with Crippen molar-refractivity contribution in [2.45, 2.75) is 38.0 Å². The van der Waals surface area contributed by atoms with Crippen molar-refractivity contribution in [2.75, 3.05) is 0 Å². The van der Waals surface area contributed by atoms with E-state index in [2.05, 4.69) is 10.8 Å². The Hall–Kier alpha value is -2.22.